The molecule has 0 aliphatic rings. The molecule has 2 unspecified atom stereocenters. The van der Waals surface area contributed by atoms with E-state index in [-0.39, 0.29) is 6.42 Å². The van der Waals surface area contributed by atoms with Crippen molar-refractivity contribution in [2.75, 3.05) is 0 Å². The molecule has 0 fully saturated rings. The van der Waals surface area contributed by atoms with Crippen LogP contribution < -0.4 is 0 Å². The van der Waals surface area contributed by atoms with Gasteiger partial charge in [0.25, 0.3) is 0 Å². The van der Waals surface area contributed by atoms with Crippen LogP contribution in [0.3, 0.4) is 0 Å². The molecule has 0 heterocycles. The van der Waals surface area contributed by atoms with Gasteiger partial charge in [0.2, 0.25) is 0 Å². The van der Waals surface area contributed by atoms with Crippen LogP contribution in [0, 0.1) is 0 Å². The molecule has 6 nitrogen and oxygen atoms in total. The number of aliphatic hydroxyl groups excluding tert-OH is 1. The molecule has 4 N–H and O–H groups in total. The third-order valence-electron chi connectivity index (χ3n) is 2.47. The number of aliphatic hydroxyl groups is 2. The first-order valence-electron chi connectivity index (χ1n) is 5.23. The lowest BCUT2D eigenvalue weighted by atomic mass is 9.90. The van der Waals surface area contributed by atoms with Gasteiger partial charge < -0.3 is 20.4 Å². The topological polar surface area (TPSA) is 115 Å². The number of rotatable bonds is 8. The van der Waals surface area contributed by atoms with Crippen LogP contribution in [0.15, 0.2) is 0 Å². The van der Waals surface area contributed by atoms with E-state index >= 15 is 0 Å². The van der Waals surface area contributed by atoms with Gasteiger partial charge in [-0.3, -0.25) is 0 Å². The molecule has 0 saturated heterocycles. The van der Waals surface area contributed by atoms with E-state index in [9.17, 15) is 14.7 Å². The van der Waals surface area contributed by atoms with Gasteiger partial charge in [-0.05, 0) is 12.8 Å². The standard InChI is InChI=1S/C10H18O6/c1-2-3-4-5-6-10(16,9(14)15)7(11)8(12)13/h7,11,16H,2-6H2,1H3,(H,12,13)(H,14,15). The van der Waals surface area contributed by atoms with E-state index in [1.165, 1.54) is 0 Å². The second kappa shape index (κ2) is 6.44. The second-order valence-corrected chi connectivity index (χ2v) is 3.78. The fourth-order valence-electron chi connectivity index (χ4n) is 1.39. The van der Waals surface area contributed by atoms with Crippen molar-refractivity contribution < 1.29 is 30.0 Å². The summed E-state index contributed by atoms with van der Waals surface area (Å²) >= 11 is 0. The summed E-state index contributed by atoms with van der Waals surface area (Å²) < 4.78 is 0. The molecular formula is C10H18O6. The summed E-state index contributed by atoms with van der Waals surface area (Å²) in [6.07, 6.45) is 0.299. The first kappa shape index (κ1) is 14.9. The predicted octanol–water partition coefficient (Wildman–Crippen LogP) is 0.218. The Morgan fingerprint density at radius 2 is 1.75 bits per heavy atom. The Labute approximate surface area is 93.5 Å². The highest BCUT2D eigenvalue weighted by atomic mass is 16.4. The van der Waals surface area contributed by atoms with Gasteiger partial charge in [0.15, 0.2) is 11.7 Å². The number of hydrogen-bond donors (Lipinski definition) is 4. The van der Waals surface area contributed by atoms with Gasteiger partial charge in [-0.25, -0.2) is 9.59 Å². The Morgan fingerprint density at radius 3 is 2.12 bits per heavy atom. The third-order valence-corrected chi connectivity index (χ3v) is 2.47. The maximum Gasteiger partial charge on any atom is 0.339 e. The number of aliphatic carboxylic acids is 2. The number of unbranched alkanes of at least 4 members (excludes halogenated alkanes) is 3. The van der Waals surface area contributed by atoms with Gasteiger partial charge in [-0.1, -0.05) is 26.2 Å². The zero-order chi connectivity index (χ0) is 12.8. The van der Waals surface area contributed by atoms with Crippen LogP contribution in [0.2, 0.25) is 0 Å². The largest absolute Gasteiger partial charge is 0.479 e. The van der Waals surface area contributed by atoms with Crippen molar-refractivity contribution >= 4 is 11.9 Å². The average Bonchev–Trinajstić information content (AvgIpc) is 2.22. The second-order valence-electron chi connectivity index (χ2n) is 3.78. The Bertz CT molecular complexity index is 252. The first-order valence-corrected chi connectivity index (χ1v) is 5.23. The zero-order valence-electron chi connectivity index (χ0n) is 9.22. The SMILES string of the molecule is CCCCCCC(O)(C(=O)O)C(O)C(=O)O. The van der Waals surface area contributed by atoms with Gasteiger partial charge in [0.05, 0.1) is 0 Å². The Balaban J connectivity index is 4.46. The van der Waals surface area contributed by atoms with Crippen LogP contribution in [0.5, 0.6) is 0 Å². The van der Waals surface area contributed by atoms with Crippen LogP contribution in [-0.4, -0.2) is 44.1 Å². The van der Waals surface area contributed by atoms with E-state index in [1.54, 1.807) is 0 Å². The predicted molar refractivity (Wildman–Crippen MR) is 55.0 cm³/mol. The van der Waals surface area contributed by atoms with Crippen molar-refractivity contribution in [2.24, 2.45) is 0 Å². The van der Waals surface area contributed by atoms with Gasteiger partial charge >= 0.3 is 11.9 Å². The Hall–Kier alpha value is -1.14. The molecule has 94 valence electrons. The Kier molecular flexibility index (Phi) is 5.98. The molecule has 0 aromatic heterocycles. The molecule has 0 radical (unpaired) electrons. The fraction of sp³-hybridized carbons (Fsp3) is 0.800. The van der Waals surface area contributed by atoms with Gasteiger partial charge in [-0.15, -0.1) is 0 Å². The molecule has 0 amide bonds. The molecule has 0 bridgehead atoms. The molecule has 0 aromatic rings. The van der Waals surface area contributed by atoms with Crippen LogP contribution in [-0.2, 0) is 9.59 Å². The van der Waals surface area contributed by atoms with Crippen molar-refractivity contribution in [3.63, 3.8) is 0 Å². The smallest absolute Gasteiger partial charge is 0.339 e. The number of carbonyl (C=O) groups is 2. The maximum absolute atomic E-state index is 10.8. The molecular weight excluding hydrogens is 216 g/mol. The highest BCUT2D eigenvalue weighted by molar-refractivity contribution is 5.87. The maximum atomic E-state index is 10.8. The lowest BCUT2D eigenvalue weighted by Gasteiger charge is -2.25. The zero-order valence-corrected chi connectivity index (χ0v) is 9.22. The van der Waals surface area contributed by atoms with E-state index in [0.717, 1.165) is 12.8 Å². The summed E-state index contributed by atoms with van der Waals surface area (Å²) in [7, 11) is 0. The van der Waals surface area contributed by atoms with E-state index in [0.29, 0.717) is 12.8 Å². The van der Waals surface area contributed by atoms with Crippen LogP contribution in [0.1, 0.15) is 39.0 Å². The molecule has 0 spiro atoms. The van der Waals surface area contributed by atoms with E-state index in [2.05, 4.69) is 0 Å². The molecule has 2 atom stereocenters. The van der Waals surface area contributed by atoms with Crippen molar-refractivity contribution in [1.82, 2.24) is 0 Å². The van der Waals surface area contributed by atoms with Gasteiger partial charge in [0, 0.05) is 0 Å². The molecule has 16 heavy (non-hydrogen) atoms. The monoisotopic (exact) mass is 234 g/mol. The lowest BCUT2D eigenvalue weighted by Crippen LogP contribution is -2.53. The number of carboxylic acids is 2. The molecule has 0 aliphatic carbocycles. The average molecular weight is 234 g/mol. The lowest BCUT2D eigenvalue weighted by molar-refractivity contribution is -0.184. The molecule has 6 heteroatoms. The van der Waals surface area contributed by atoms with E-state index in [1.807, 2.05) is 6.92 Å². The summed E-state index contributed by atoms with van der Waals surface area (Å²) in [6, 6.07) is 0. The highest BCUT2D eigenvalue weighted by Gasteiger charge is 2.47. The van der Waals surface area contributed by atoms with Crippen molar-refractivity contribution in [3.8, 4) is 0 Å². The van der Waals surface area contributed by atoms with Gasteiger partial charge in [-0.2, -0.15) is 0 Å². The minimum Gasteiger partial charge on any atom is -0.479 e. The van der Waals surface area contributed by atoms with Crippen molar-refractivity contribution in [1.29, 1.82) is 0 Å². The molecule has 0 saturated carbocycles. The molecule has 0 rings (SSSR count). The van der Waals surface area contributed by atoms with Crippen LogP contribution in [0.4, 0.5) is 0 Å². The molecule has 0 aliphatic heterocycles. The minimum absolute atomic E-state index is 0.268. The molecule has 0 aromatic carbocycles. The number of carboxylic acid groups (broad SMARTS) is 2. The van der Waals surface area contributed by atoms with Crippen LogP contribution in [0.25, 0.3) is 0 Å². The normalized spacial score (nSPS) is 16.4. The van der Waals surface area contributed by atoms with Crippen LogP contribution >= 0.6 is 0 Å². The van der Waals surface area contributed by atoms with E-state index in [4.69, 9.17) is 15.3 Å². The van der Waals surface area contributed by atoms with Crippen molar-refractivity contribution in [2.45, 2.75) is 50.7 Å². The summed E-state index contributed by atoms with van der Waals surface area (Å²) in [4.78, 5) is 21.2. The summed E-state index contributed by atoms with van der Waals surface area (Å²) in [5.41, 5.74) is -2.60. The quantitative estimate of drug-likeness (QED) is 0.446. The number of hydrogen-bond acceptors (Lipinski definition) is 4. The minimum atomic E-state index is -2.60. The highest BCUT2D eigenvalue weighted by Crippen LogP contribution is 2.20. The van der Waals surface area contributed by atoms with Crippen molar-refractivity contribution in [3.05, 3.63) is 0 Å². The van der Waals surface area contributed by atoms with Gasteiger partial charge in [0.1, 0.15) is 0 Å². The summed E-state index contributed by atoms with van der Waals surface area (Å²) in [6.45, 7) is 1.97. The summed E-state index contributed by atoms with van der Waals surface area (Å²) in [5.74, 6) is -3.45. The summed E-state index contributed by atoms with van der Waals surface area (Å²) in [5, 5.41) is 36.0. The fourth-order valence-corrected chi connectivity index (χ4v) is 1.39. The van der Waals surface area contributed by atoms with E-state index < -0.39 is 23.6 Å². The Morgan fingerprint density at radius 1 is 1.19 bits per heavy atom. The first-order chi connectivity index (χ1) is 7.36. The third kappa shape index (κ3) is 3.79.